The van der Waals surface area contributed by atoms with Gasteiger partial charge < -0.3 is 20.4 Å². The Morgan fingerprint density at radius 2 is 2.14 bits per heavy atom. The van der Waals surface area contributed by atoms with Crippen molar-refractivity contribution < 1.29 is 9.21 Å². The molecule has 1 aromatic heterocycles. The lowest BCUT2D eigenvalue weighted by atomic mass is 9.90. The third-order valence-electron chi connectivity index (χ3n) is 3.83. The highest BCUT2D eigenvalue weighted by Gasteiger charge is 2.25. The first-order chi connectivity index (χ1) is 9.10. The quantitative estimate of drug-likeness (QED) is 0.883. The molecule has 1 amide bonds. The van der Waals surface area contributed by atoms with Crippen LogP contribution in [-0.2, 0) is 6.54 Å². The lowest BCUT2D eigenvalue weighted by Crippen LogP contribution is -2.43. The maximum absolute atomic E-state index is 12.1. The van der Waals surface area contributed by atoms with Crippen molar-refractivity contribution >= 4 is 30.7 Å². The van der Waals surface area contributed by atoms with Gasteiger partial charge in [-0.25, -0.2) is 0 Å². The molecule has 21 heavy (non-hydrogen) atoms. The van der Waals surface area contributed by atoms with E-state index in [1.807, 2.05) is 0 Å². The first-order valence-electron chi connectivity index (χ1n) is 6.85. The first kappa shape index (κ1) is 20.2. The number of nitrogens with zero attached hydrogens (tertiary/aromatic N) is 1. The summed E-state index contributed by atoms with van der Waals surface area (Å²) in [5.74, 6) is 0.577. The van der Waals surface area contributed by atoms with Crippen molar-refractivity contribution in [2.45, 2.75) is 44.3 Å². The predicted octanol–water partition coefficient (Wildman–Crippen LogP) is 2.18. The van der Waals surface area contributed by atoms with Crippen LogP contribution in [0.25, 0.3) is 0 Å². The highest BCUT2D eigenvalue weighted by Crippen LogP contribution is 2.22. The lowest BCUT2D eigenvalue weighted by Gasteiger charge is -2.33. The molecule has 0 bridgehead atoms. The zero-order valence-electron chi connectivity index (χ0n) is 12.5. The molecule has 2 atom stereocenters. The number of rotatable bonds is 4. The summed E-state index contributed by atoms with van der Waals surface area (Å²) in [6.45, 7) is 0.319. The average molecular weight is 338 g/mol. The van der Waals surface area contributed by atoms with Crippen LogP contribution >= 0.6 is 24.8 Å². The van der Waals surface area contributed by atoms with Crippen LogP contribution in [0.1, 0.15) is 41.8 Å². The number of carbonyl (C=O) groups is 1. The zero-order valence-corrected chi connectivity index (χ0v) is 14.1. The largest absolute Gasteiger partial charge is 0.467 e. The van der Waals surface area contributed by atoms with E-state index in [1.54, 1.807) is 6.07 Å². The van der Waals surface area contributed by atoms with Crippen molar-refractivity contribution in [1.29, 1.82) is 0 Å². The molecular weight excluding hydrogens is 313 g/mol. The second-order valence-electron chi connectivity index (χ2n) is 5.46. The maximum atomic E-state index is 12.1. The standard InChI is InChI=1S/C14H23N3O2.2ClH/c1-17(2)12-5-3-4-11(7-12)16-14(18)10-6-13(8-15)19-9-10;;/h6,9,11-12H,3-5,7-8,15H2,1-2H3,(H,16,18);2*1H. The second-order valence-corrected chi connectivity index (χ2v) is 5.46. The monoisotopic (exact) mass is 337 g/mol. The fourth-order valence-corrected chi connectivity index (χ4v) is 2.64. The Morgan fingerprint density at radius 3 is 2.71 bits per heavy atom. The summed E-state index contributed by atoms with van der Waals surface area (Å²) in [4.78, 5) is 14.3. The van der Waals surface area contributed by atoms with Gasteiger partial charge in [-0.1, -0.05) is 0 Å². The number of nitrogens with two attached hydrogens (primary N) is 1. The minimum absolute atomic E-state index is 0. The van der Waals surface area contributed by atoms with E-state index in [1.165, 1.54) is 12.7 Å². The number of furan rings is 1. The van der Waals surface area contributed by atoms with Gasteiger partial charge in [0.25, 0.3) is 5.91 Å². The van der Waals surface area contributed by atoms with E-state index in [0.29, 0.717) is 23.9 Å². The molecule has 0 spiro atoms. The minimum atomic E-state index is -0.0622. The van der Waals surface area contributed by atoms with Gasteiger partial charge in [0.2, 0.25) is 0 Å². The van der Waals surface area contributed by atoms with Crippen molar-refractivity contribution in [1.82, 2.24) is 10.2 Å². The summed E-state index contributed by atoms with van der Waals surface area (Å²) in [6, 6.07) is 2.52. The average Bonchev–Trinajstić information content (AvgIpc) is 2.88. The van der Waals surface area contributed by atoms with E-state index in [2.05, 4.69) is 24.3 Å². The van der Waals surface area contributed by atoms with E-state index >= 15 is 0 Å². The third kappa shape index (κ3) is 5.51. The molecule has 122 valence electrons. The molecule has 0 radical (unpaired) electrons. The predicted molar refractivity (Wildman–Crippen MR) is 88.3 cm³/mol. The number of hydrogen-bond acceptors (Lipinski definition) is 4. The summed E-state index contributed by atoms with van der Waals surface area (Å²) in [5, 5.41) is 3.09. The van der Waals surface area contributed by atoms with Crippen molar-refractivity contribution in [2.75, 3.05) is 14.1 Å². The Balaban J connectivity index is 0.00000200. The number of halogens is 2. The molecule has 1 fully saturated rings. The molecule has 2 unspecified atom stereocenters. The Hall–Kier alpha value is -0.750. The van der Waals surface area contributed by atoms with Gasteiger partial charge in [0.05, 0.1) is 12.1 Å². The van der Waals surface area contributed by atoms with Gasteiger partial charge in [0.15, 0.2) is 0 Å². The number of amides is 1. The Morgan fingerprint density at radius 1 is 1.43 bits per heavy atom. The molecule has 1 aliphatic rings. The van der Waals surface area contributed by atoms with Gasteiger partial charge in [-0.2, -0.15) is 0 Å². The van der Waals surface area contributed by atoms with Crippen LogP contribution in [0.3, 0.4) is 0 Å². The molecule has 1 heterocycles. The third-order valence-corrected chi connectivity index (χ3v) is 3.83. The SMILES string of the molecule is CN(C)C1CCCC(NC(=O)c2coc(CN)c2)C1.Cl.Cl. The summed E-state index contributed by atoms with van der Waals surface area (Å²) in [5.41, 5.74) is 6.03. The maximum Gasteiger partial charge on any atom is 0.254 e. The summed E-state index contributed by atoms with van der Waals surface area (Å²) < 4.78 is 5.19. The Labute approximate surface area is 138 Å². The summed E-state index contributed by atoms with van der Waals surface area (Å²) in [7, 11) is 4.19. The van der Waals surface area contributed by atoms with Crippen LogP contribution in [0.15, 0.2) is 16.7 Å². The van der Waals surface area contributed by atoms with Crippen molar-refractivity contribution in [3.05, 3.63) is 23.7 Å². The highest BCUT2D eigenvalue weighted by atomic mass is 35.5. The fraction of sp³-hybridized carbons (Fsp3) is 0.643. The molecule has 3 N–H and O–H groups in total. The highest BCUT2D eigenvalue weighted by molar-refractivity contribution is 5.94. The number of hydrogen-bond donors (Lipinski definition) is 2. The summed E-state index contributed by atoms with van der Waals surface area (Å²) in [6.07, 6.45) is 5.91. The van der Waals surface area contributed by atoms with Gasteiger partial charge in [-0.3, -0.25) is 4.79 Å². The van der Waals surface area contributed by atoms with Crippen LogP contribution in [0.4, 0.5) is 0 Å². The molecule has 7 heteroatoms. The molecule has 1 saturated carbocycles. The second kappa shape index (κ2) is 9.30. The van der Waals surface area contributed by atoms with Gasteiger partial charge in [-0.15, -0.1) is 24.8 Å². The van der Waals surface area contributed by atoms with Crippen molar-refractivity contribution in [2.24, 2.45) is 5.73 Å². The Kier molecular flexibility index (Phi) is 8.97. The first-order valence-corrected chi connectivity index (χ1v) is 6.85. The molecule has 0 aromatic carbocycles. The molecule has 2 rings (SSSR count). The van der Waals surface area contributed by atoms with Crippen molar-refractivity contribution in [3.8, 4) is 0 Å². The number of nitrogens with one attached hydrogen (secondary N) is 1. The van der Waals surface area contributed by atoms with E-state index in [0.717, 1.165) is 19.3 Å². The van der Waals surface area contributed by atoms with Gasteiger partial charge in [0.1, 0.15) is 12.0 Å². The molecule has 1 aliphatic carbocycles. The zero-order chi connectivity index (χ0) is 13.8. The van der Waals surface area contributed by atoms with Crippen LogP contribution in [0, 0.1) is 0 Å². The molecular formula is C14H25Cl2N3O2. The Bertz CT molecular complexity index is 438. The minimum Gasteiger partial charge on any atom is -0.467 e. The fourth-order valence-electron chi connectivity index (χ4n) is 2.64. The molecule has 1 aromatic rings. The summed E-state index contributed by atoms with van der Waals surface area (Å²) >= 11 is 0. The smallest absolute Gasteiger partial charge is 0.254 e. The van der Waals surface area contributed by atoms with Gasteiger partial charge in [-0.05, 0) is 45.8 Å². The molecule has 5 nitrogen and oxygen atoms in total. The molecule has 0 aliphatic heterocycles. The van der Waals surface area contributed by atoms with E-state index in [4.69, 9.17) is 10.2 Å². The normalized spacial score (nSPS) is 21.3. The van der Waals surface area contributed by atoms with E-state index < -0.39 is 0 Å². The van der Waals surface area contributed by atoms with Crippen LogP contribution in [0.5, 0.6) is 0 Å². The molecule has 0 saturated heterocycles. The van der Waals surface area contributed by atoms with Crippen molar-refractivity contribution in [3.63, 3.8) is 0 Å². The van der Waals surface area contributed by atoms with E-state index in [9.17, 15) is 4.79 Å². The van der Waals surface area contributed by atoms with Crippen LogP contribution < -0.4 is 11.1 Å². The lowest BCUT2D eigenvalue weighted by molar-refractivity contribution is 0.0910. The topological polar surface area (TPSA) is 71.5 Å². The van der Waals surface area contributed by atoms with E-state index in [-0.39, 0.29) is 36.8 Å². The van der Waals surface area contributed by atoms with Gasteiger partial charge in [0, 0.05) is 12.1 Å². The number of carbonyl (C=O) groups excluding carboxylic acids is 1. The van der Waals surface area contributed by atoms with Gasteiger partial charge >= 0.3 is 0 Å². The van der Waals surface area contributed by atoms with Crippen LogP contribution in [-0.4, -0.2) is 37.0 Å². The van der Waals surface area contributed by atoms with Crippen LogP contribution in [0.2, 0.25) is 0 Å².